The van der Waals surface area contributed by atoms with Crippen molar-refractivity contribution in [3.63, 3.8) is 0 Å². The summed E-state index contributed by atoms with van der Waals surface area (Å²) >= 11 is 3.30. The van der Waals surface area contributed by atoms with Gasteiger partial charge in [-0.15, -0.1) is 5.10 Å². The average Bonchev–Trinajstić information content (AvgIpc) is 2.80. The number of halogens is 2. The minimum atomic E-state index is -0.588. The van der Waals surface area contributed by atoms with E-state index < -0.39 is 6.10 Å². The fourth-order valence-electron chi connectivity index (χ4n) is 1.58. The summed E-state index contributed by atoms with van der Waals surface area (Å²) in [6, 6.07) is 4.50. The van der Waals surface area contributed by atoms with Gasteiger partial charge < -0.3 is 5.11 Å². The van der Waals surface area contributed by atoms with E-state index in [0.29, 0.717) is 23.1 Å². The number of hydrogen-bond donors (Lipinski definition) is 1. The van der Waals surface area contributed by atoms with Crippen LogP contribution in [0.5, 0.6) is 0 Å². The second-order valence-corrected chi connectivity index (χ2v) is 4.86. The van der Waals surface area contributed by atoms with Gasteiger partial charge in [-0.1, -0.05) is 34.1 Å². The lowest BCUT2D eigenvalue weighted by atomic mass is 10.2. The van der Waals surface area contributed by atoms with Gasteiger partial charge in [-0.2, -0.15) is 0 Å². The minimum absolute atomic E-state index is 0.286. The highest BCUT2D eigenvalue weighted by atomic mass is 79.9. The molecule has 0 aliphatic heterocycles. The van der Waals surface area contributed by atoms with Crippen molar-refractivity contribution < 1.29 is 9.50 Å². The Hall–Kier alpha value is -1.27. The lowest BCUT2D eigenvalue weighted by Crippen LogP contribution is -2.01. The van der Waals surface area contributed by atoms with E-state index in [4.69, 9.17) is 0 Å². The summed E-state index contributed by atoms with van der Waals surface area (Å²) in [5.74, 6) is -0.286. The summed E-state index contributed by atoms with van der Waals surface area (Å²) in [5, 5.41) is 17.5. The third-order valence-corrected chi connectivity index (χ3v) is 3.37. The van der Waals surface area contributed by atoms with Crippen molar-refractivity contribution in [2.75, 3.05) is 0 Å². The van der Waals surface area contributed by atoms with Gasteiger partial charge in [0.25, 0.3) is 0 Å². The smallest absolute Gasteiger partial charge is 0.124 e. The van der Waals surface area contributed by atoms with Gasteiger partial charge in [0.05, 0.1) is 18.8 Å². The standard InChI is InChI=1S/C12H13BrFN3O/c1-2-12(18)11-7-17(16-15-11)6-8-3-4-9(14)5-10(8)13/h3-5,7,12,18H,2,6H2,1H3. The lowest BCUT2D eigenvalue weighted by Gasteiger charge is -2.04. The molecule has 0 aliphatic rings. The van der Waals surface area contributed by atoms with E-state index in [2.05, 4.69) is 26.2 Å². The maximum absolute atomic E-state index is 12.9. The van der Waals surface area contributed by atoms with Crippen molar-refractivity contribution in [2.24, 2.45) is 0 Å². The van der Waals surface area contributed by atoms with Crippen LogP contribution < -0.4 is 0 Å². The predicted octanol–water partition coefficient (Wildman–Crippen LogP) is 2.67. The molecule has 1 aromatic carbocycles. The average molecular weight is 314 g/mol. The zero-order valence-electron chi connectivity index (χ0n) is 9.85. The van der Waals surface area contributed by atoms with Crippen LogP contribution in [-0.4, -0.2) is 20.1 Å². The van der Waals surface area contributed by atoms with Crippen LogP contribution in [0.25, 0.3) is 0 Å². The molecule has 0 fully saturated rings. The summed E-state index contributed by atoms with van der Waals surface area (Å²) in [6.45, 7) is 2.35. The number of nitrogens with zero attached hydrogens (tertiary/aromatic N) is 3. The van der Waals surface area contributed by atoms with E-state index in [1.165, 1.54) is 12.1 Å². The van der Waals surface area contributed by atoms with E-state index in [1.54, 1.807) is 16.9 Å². The topological polar surface area (TPSA) is 50.9 Å². The van der Waals surface area contributed by atoms with E-state index in [9.17, 15) is 9.50 Å². The first-order valence-electron chi connectivity index (χ1n) is 5.62. The van der Waals surface area contributed by atoms with Crippen molar-refractivity contribution in [1.29, 1.82) is 0 Å². The van der Waals surface area contributed by atoms with Crippen molar-refractivity contribution >= 4 is 15.9 Å². The van der Waals surface area contributed by atoms with Gasteiger partial charge in [0, 0.05) is 4.47 Å². The van der Waals surface area contributed by atoms with Gasteiger partial charge >= 0.3 is 0 Å². The minimum Gasteiger partial charge on any atom is -0.387 e. The first kappa shape index (κ1) is 13.2. The number of aliphatic hydroxyl groups is 1. The number of rotatable bonds is 4. The molecule has 2 aromatic rings. The van der Waals surface area contributed by atoms with Gasteiger partial charge in [-0.25, -0.2) is 9.07 Å². The fourth-order valence-corrected chi connectivity index (χ4v) is 2.05. The molecule has 4 nitrogen and oxygen atoms in total. The Morgan fingerprint density at radius 1 is 1.50 bits per heavy atom. The van der Waals surface area contributed by atoms with Crippen molar-refractivity contribution in [3.05, 3.63) is 45.9 Å². The second kappa shape index (κ2) is 5.58. The summed E-state index contributed by atoms with van der Waals surface area (Å²) in [7, 11) is 0. The Bertz CT molecular complexity index is 544. The Morgan fingerprint density at radius 2 is 2.28 bits per heavy atom. The van der Waals surface area contributed by atoms with Gasteiger partial charge in [0.1, 0.15) is 11.5 Å². The molecule has 18 heavy (non-hydrogen) atoms. The Kier molecular flexibility index (Phi) is 4.08. The first-order valence-corrected chi connectivity index (χ1v) is 6.41. The Morgan fingerprint density at radius 3 is 2.94 bits per heavy atom. The summed E-state index contributed by atoms with van der Waals surface area (Å²) in [4.78, 5) is 0. The lowest BCUT2D eigenvalue weighted by molar-refractivity contribution is 0.168. The molecule has 0 bridgehead atoms. The number of aliphatic hydroxyl groups excluding tert-OH is 1. The quantitative estimate of drug-likeness (QED) is 0.944. The van der Waals surface area contributed by atoms with Gasteiger partial charge in [0.15, 0.2) is 0 Å². The predicted molar refractivity (Wildman–Crippen MR) is 68.5 cm³/mol. The molecule has 1 N–H and O–H groups in total. The molecule has 1 atom stereocenters. The SMILES string of the molecule is CCC(O)c1cn(Cc2ccc(F)cc2Br)nn1. The van der Waals surface area contributed by atoms with E-state index in [-0.39, 0.29) is 5.82 Å². The number of benzene rings is 1. The normalized spacial score (nSPS) is 12.7. The first-order chi connectivity index (χ1) is 8.60. The Balaban J connectivity index is 2.16. The molecule has 0 radical (unpaired) electrons. The highest BCUT2D eigenvalue weighted by molar-refractivity contribution is 9.10. The van der Waals surface area contributed by atoms with Crippen LogP contribution in [0.3, 0.4) is 0 Å². The monoisotopic (exact) mass is 313 g/mol. The van der Waals surface area contributed by atoms with Crippen LogP contribution in [-0.2, 0) is 6.54 Å². The molecule has 1 aromatic heterocycles. The summed E-state index contributed by atoms with van der Waals surface area (Å²) in [5.41, 5.74) is 1.45. The fraction of sp³-hybridized carbons (Fsp3) is 0.333. The highest BCUT2D eigenvalue weighted by Gasteiger charge is 2.10. The van der Waals surface area contributed by atoms with Crippen LogP contribution in [0.15, 0.2) is 28.9 Å². The van der Waals surface area contributed by atoms with Crippen molar-refractivity contribution in [1.82, 2.24) is 15.0 Å². The maximum Gasteiger partial charge on any atom is 0.124 e. The van der Waals surface area contributed by atoms with Crippen molar-refractivity contribution in [3.8, 4) is 0 Å². The Labute approximate surface area is 113 Å². The van der Waals surface area contributed by atoms with E-state index >= 15 is 0 Å². The molecule has 0 spiro atoms. The molecular weight excluding hydrogens is 301 g/mol. The van der Waals surface area contributed by atoms with E-state index in [0.717, 1.165) is 5.56 Å². The zero-order valence-corrected chi connectivity index (χ0v) is 11.4. The number of aromatic nitrogens is 3. The molecule has 96 valence electrons. The molecular formula is C12H13BrFN3O. The molecule has 2 rings (SSSR count). The largest absolute Gasteiger partial charge is 0.387 e. The molecule has 0 saturated carbocycles. The summed E-state index contributed by atoms with van der Waals surface area (Å²) < 4.78 is 15.3. The van der Waals surface area contributed by atoms with E-state index in [1.807, 2.05) is 6.92 Å². The van der Waals surface area contributed by atoms with Crippen LogP contribution in [0.2, 0.25) is 0 Å². The third-order valence-electron chi connectivity index (χ3n) is 2.63. The summed E-state index contributed by atoms with van der Waals surface area (Å²) in [6.07, 6.45) is 1.71. The molecule has 0 aliphatic carbocycles. The number of hydrogen-bond acceptors (Lipinski definition) is 3. The van der Waals surface area contributed by atoms with Crippen LogP contribution in [0, 0.1) is 5.82 Å². The molecule has 0 amide bonds. The second-order valence-electron chi connectivity index (χ2n) is 4.00. The van der Waals surface area contributed by atoms with Crippen LogP contribution in [0.4, 0.5) is 4.39 Å². The van der Waals surface area contributed by atoms with Crippen LogP contribution >= 0.6 is 15.9 Å². The van der Waals surface area contributed by atoms with Gasteiger partial charge in [-0.05, 0) is 24.1 Å². The van der Waals surface area contributed by atoms with Gasteiger partial charge in [0.2, 0.25) is 0 Å². The van der Waals surface area contributed by atoms with Gasteiger partial charge in [-0.3, -0.25) is 0 Å². The third kappa shape index (κ3) is 2.94. The molecule has 6 heteroatoms. The molecule has 1 heterocycles. The zero-order chi connectivity index (χ0) is 13.1. The van der Waals surface area contributed by atoms with Crippen molar-refractivity contribution in [2.45, 2.75) is 26.0 Å². The highest BCUT2D eigenvalue weighted by Crippen LogP contribution is 2.19. The molecule has 0 saturated heterocycles. The van der Waals surface area contributed by atoms with Crippen LogP contribution in [0.1, 0.15) is 30.7 Å². The molecule has 1 unspecified atom stereocenters. The maximum atomic E-state index is 12.9.